The maximum Gasteiger partial charge on any atom is 0.307 e. The minimum atomic E-state index is -0.606. The number of fused-ring (bicyclic) bond motifs is 1. The quantitative estimate of drug-likeness (QED) is 0.890. The van der Waals surface area contributed by atoms with Crippen LogP contribution in [0.2, 0.25) is 0 Å². The molecule has 1 aromatic rings. The lowest BCUT2D eigenvalue weighted by atomic mass is 9.58. The molecule has 3 unspecified atom stereocenters. The van der Waals surface area contributed by atoms with Crippen molar-refractivity contribution in [1.29, 1.82) is 0 Å². The maximum absolute atomic E-state index is 11.5. The first kappa shape index (κ1) is 10.6. The van der Waals surface area contributed by atoms with Crippen molar-refractivity contribution in [1.82, 2.24) is 9.78 Å². The largest absolute Gasteiger partial charge is 0.481 e. The van der Waals surface area contributed by atoms with Crippen LogP contribution in [0.5, 0.6) is 0 Å². The summed E-state index contributed by atoms with van der Waals surface area (Å²) in [5, 5.41) is 13.9. The van der Waals surface area contributed by atoms with Gasteiger partial charge in [0.25, 0.3) is 0 Å². The molecule has 18 heavy (non-hydrogen) atoms. The lowest BCUT2D eigenvalue weighted by Gasteiger charge is -2.46. The number of aromatic nitrogens is 2. The Morgan fingerprint density at radius 1 is 1.44 bits per heavy atom. The highest BCUT2D eigenvalue weighted by Gasteiger charge is 2.64. The fourth-order valence-corrected chi connectivity index (χ4v) is 4.43. The second-order valence-electron chi connectivity index (χ2n) is 6.22. The van der Waals surface area contributed by atoms with Crippen LogP contribution in [0.25, 0.3) is 0 Å². The minimum Gasteiger partial charge on any atom is -0.481 e. The highest BCUT2D eigenvalue weighted by atomic mass is 16.4. The zero-order valence-corrected chi connectivity index (χ0v) is 10.4. The van der Waals surface area contributed by atoms with Crippen LogP contribution in [0.15, 0.2) is 12.3 Å². The topological polar surface area (TPSA) is 55.1 Å². The fourth-order valence-electron chi connectivity index (χ4n) is 4.43. The summed E-state index contributed by atoms with van der Waals surface area (Å²) in [5.41, 5.74) is 1.11. The predicted molar refractivity (Wildman–Crippen MR) is 65.3 cm³/mol. The molecule has 0 aromatic carbocycles. The second kappa shape index (κ2) is 3.37. The minimum absolute atomic E-state index is 0.0947. The molecule has 3 atom stereocenters. The van der Waals surface area contributed by atoms with Crippen molar-refractivity contribution in [3.63, 3.8) is 0 Å². The Labute approximate surface area is 106 Å². The van der Waals surface area contributed by atoms with Crippen LogP contribution in [-0.2, 0) is 10.2 Å². The van der Waals surface area contributed by atoms with Gasteiger partial charge in [-0.25, -0.2) is 0 Å². The van der Waals surface area contributed by atoms with Crippen molar-refractivity contribution in [3.05, 3.63) is 18.0 Å². The van der Waals surface area contributed by atoms with Gasteiger partial charge < -0.3 is 5.11 Å². The van der Waals surface area contributed by atoms with Crippen molar-refractivity contribution in [3.8, 4) is 0 Å². The summed E-state index contributed by atoms with van der Waals surface area (Å²) in [6, 6.07) is 2.59. The Kier molecular flexibility index (Phi) is 1.98. The molecule has 0 spiro atoms. The summed E-state index contributed by atoms with van der Waals surface area (Å²) >= 11 is 0. The maximum atomic E-state index is 11.5. The SMILES string of the molecule is O=C(O)C1C2CCC1(c1ccnn1C1CCC1)C2. The van der Waals surface area contributed by atoms with Gasteiger partial charge in [-0.05, 0) is 50.5 Å². The number of hydrogen-bond acceptors (Lipinski definition) is 2. The van der Waals surface area contributed by atoms with Crippen LogP contribution >= 0.6 is 0 Å². The van der Waals surface area contributed by atoms with Crippen LogP contribution < -0.4 is 0 Å². The molecule has 2 bridgehead atoms. The summed E-state index contributed by atoms with van der Waals surface area (Å²) < 4.78 is 2.14. The predicted octanol–water partition coefficient (Wildman–Crippen LogP) is 2.36. The van der Waals surface area contributed by atoms with E-state index >= 15 is 0 Å². The number of rotatable bonds is 3. The van der Waals surface area contributed by atoms with E-state index in [0.29, 0.717) is 12.0 Å². The first-order valence-corrected chi connectivity index (χ1v) is 6.99. The van der Waals surface area contributed by atoms with Crippen LogP contribution in [0.3, 0.4) is 0 Å². The molecule has 96 valence electrons. The standard InChI is InChI=1S/C14H18N2O2/c17-13(18)12-9-4-6-14(12,8-9)11-5-7-15-16(11)10-2-1-3-10/h5,7,9-10,12H,1-4,6,8H2,(H,17,18). The van der Waals surface area contributed by atoms with Gasteiger partial charge in [0.15, 0.2) is 0 Å². The fraction of sp³-hybridized carbons (Fsp3) is 0.714. The van der Waals surface area contributed by atoms with E-state index in [1.165, 1.54) is 25.0 Å². The van der Waals surface area contributed by atoms with Crippen LogP contribution in [0.1, 0.15) is 50.3 Å². The van der Waals surface area contributed by atoms with E-state index in [4.69, 9.17) is 0 Å². The zero-order chi connectivity index (χ0) is 12.3. The molecular weight excluding hydrogens is 228 g/mol. The van der Waals surface area contributed by atoms with Crippen LogP contribution in [0, 0.1) is 11.8 Å². The van der Waals surface area contributed by atoms with Gasteiger partial charge in [-0.1, -0.05) is 0 Å². The van der Waals surface area contributed by atoms with E-state index in [1.807, 2.05) is 6.20 Å². The molecule has 1 aromatic heterocycles. The molecule has 0 radical (unpaired) electrons. The van der Waals surface area contributed by atoms with Crippen LogP contribution in [-0.4, -0.2) is 20.9 Å². The monoisotopic (exact) mass is 246 g/mol. The molecule has 4 aliphatic rings. The molecule has 0 aliphatic heterocycles. The first-order valence-electron chi connectivity index (χ1n) is 6.99. The summed E-state index contributed by atoms with van der Waals surface area (Å²) in [6.45, 7) is 0. The van der Waals surface area contributed by atoms with Gasteiger partial charge >= 0.3 is 5.97 Å². The normalized spacial score (nSPS) is 38.2. The number of nitrogens with zero attached hydrogens (tertiary/aromatic N) is 2. The lowest BCUT2D eigenvalue weighted by Crippen LogP contribution is -2.50. The summed E-state index contributed by atoms with van der Waals surface area (Å²) in [6.07, 6.45) is 8.70. The number of carboxylic acids is 1. The Bertz CT molecular complexity index is 502. The first-order chi connectivity index (χ1) is 8.72. The van der Waals surface area contributed by atoms with Crippen molar-refractivity contribution >= 4 is 5.97 Å². The van der Waals surface area contributed by atoms with Gasteiger partial charge in [-0.3, -0.25) is 9.48 Å². The van der Waals surface area contributed by atoms with Crippen molar-refractivity contribution in [2.75, 3.05) is 0 Å². The van der Waals surface area contributed by atoms with E-state index < -0.39 is 5.97 Å². The zero-order valence-electron chi connectivity index (χ0n) is 10.4. The number of hydrogen-bond donors (Lipinski definition) is 1. The molecule has 5 rings (SSSR count). The van der Waals surface area contributed by atoms with Crippen molar-refractivity contribution in [2.45, 2.75) is 50.0 Å². The molecule has 0 amide bonds. The summed E-state index contributed by atoms with van der Waals surface area (Å²) in [4.78, 5) is 11.5. The third-order valence-electron chi connectivity index (χ3n) is 5.52. The van der Waals surface area contributed by atoms with E-state index in [9.17, 15) is 9.90 Å². The van der Waals surface area contributed by atoms with Crippen molar-refractivity contribution < 1.29 is 9.90 Å². The average Bonchev–Trinajstić information content (AvgIpc) is 2.82. The van der Waals surface area contributed by atoms with Gasteiger partial charge in [0.1, 0.15) is 0 Å². The van der Waals surface area contributed by atoms with E-state index in [-0.39, 0.29) is 11.3 Å². The van der Waals surface area contributed by atoms with E-state index in [1.54, 1.807) is 0 Å². The molecular formula is C14H18N2O2. The highest BCUT2D eigenvalue weighted by Crippen LogP contribution is 2.64. The summed E-state index contributed by atoms with van der Waals surface area (Å²) in [7, 11) is 0. The smallest absolute Gasteiger partial charge is 0.307 e. The van der Waals surface area contributed by atoms with Gasteiger partial charge in [-0.15, -0.1) is 0 Å². The Morgan fingerprint density at radius 3 is 2.89 bits per heavy atom. The van der Waals surface area contributed by atoms with E-state index in [2.05, 4.69) is 15.8 Å². The molecule has 4 nitrogen and oxygen atoms in total. The molecule has 4 fully saturated rings. The number of carbonyl (C=O) groups is 1. The molecule has 4 aliphatic carbocycles. The number of carboxylic acid groups (broad SMARTS) is 1. The molecule has 4 heteroatoms. The van der Waals surface area contributed by atoms with Crippen molar-refractivity contribution in [2.24, 2.45) is 11.8 Å². The Hall–Kier alpha value is -1.32. The Balaban J connectivity index is 1.74. The third kappa shape index (κ3) is 1.11. The van der Waals surface area contributed by atoms with Gasteiger partial charge in [0.2, 0.25) is 0 Å². The second-order valence-corrected chi connectivity index (χ2v) is 6.22. The Morgan fingerprint density at radius 2 is 2.28 bits per heavy atom. The third-order valence-corrected chi connectivity index (χ3v) is 5.52. The molecule has 1 heterocycles. The molecule has 4 saturated carbocycles. The number of aliphatic carboxylic acids is 1. The molecule has 0 saturated heterocycles. The lowest BCUT2D eigenvalue weighted by molar-refractivity contribution is -0.150. The van der Waals surface area contributed by atoms with Gasteiger partial charge in [0, 0.05) is 17.3 Å². The average molecular weight is 246 g/mol. The van der Waals surface area contributed by atoms with E-state index in [0.717, 1.165) is 19.3 Å². The molecule has 1 N–H and O–H groups in total. The summed E-state index contributed by atoms with van der Waals surface area (Å²) in [5.74, 6) is -0.356. The van der Waals surface area contributed by atoms with Crippen LogP contribution in [0.4, 0.5) is 0 Å². The highest BCUT2D eigenvalue weighted by molar-refractivity contribution is 5.75. The van der Waals surface area contributed by atoms with Gasteiger partial charge in [0.05, 0.1) is 12.0 Å². The van der Waals surface area contributed by atoms with Gasteiger partial charge in [-0.2, -0.15) is 5.10 Å².